The van der Waals surface area contributed by atoms with Gasteiger partial charge >= 0.3 is 11.9 Å². The van der Waals surface area contributed by atoms with Gasteiger partial charge < -0.3 is 24.6 Å². The fourth-order valence-electron chi connectivity index (χ4n) is 2.38. The van der Waals surface area contributed by atoms with Crippen molar-refractivity contribution in [3.8, 4) is 0 Å². The second-order valence-electron chi connectivity index (χ2n) is 5.82. The van der Waals surface area contributed by atoms with Gasteiger partial charge in [-0.25, -0.2) is 0 Å². The Kier molecular flexibility index (Phi) is 8.82. The zero-order valence-corrected chi connectivity index (χ0v) is 15.6. The fraction of sp³-hybridized carbons (Fsp3) is 0.471. The lowest BCUT2D eigenvalue weighted by atomic mass is 10.1. The molecule has 1 aromatic rings. The number of hydrogen-bond donors (Lipinski definition) is 2. The van der Waals surface area contributed by atoms with Crippen LogP contribution in [0.3, 0.4) is 0 Å². The van der Waals surface area contributed by atoms with Crippen molar-refractivity contribution in [2.24, 2.45) is 0 Å². The number of nitro groups is 1. The first-order chi connectivity index (χ1) is 13.1. The Morgan fingerprint density at radius 1 is 1.11 bits per heavy atom. The molecule has 11 heteroatoms. The number of benzene rings is 1. The summed E-state index contributed by atoms with van der Waals surface area (Å²) < 4.78 is 15.9. The van der Waals surface area contributed by atoms with Crippen LogP contribution in [-0.4, -0.2) is 53.0 Å². The molecule has 3 atom stereocenters. The van der Waals surface area contributed by atoms with Gasteiger partial charge in [0.25, 0.3) is 11.7 Å². The highest BCUT2D eigenvalue weighted by Crippen LogP contribution is 2.23. The molecule has 154 valence electrons. The van der Waals surface area contributed by atoms with E-state index < -0.39 is 41.3 Å². The predicted octanol–water partition coefficient (Wildman–Crippen LogP) is 1.71. The maximum absolute atomic E-state index is 11.2. The summed E-state index contributed by atoms with van der Waals surface area (Å²) in [6, 6.07) is 5.85. The molecular weight excluding hydrogens is 376 g/mol. The summed E-state index contributed by atoms with van der Waals surface area (Å²) >= 11 is 0. The maximum atomic E-state index is 11.2. The zero-order valence-electron chi connectivity index (χ0n) is 15.6. The number of hydrogen-bond acceptors (Lipinski definition) is 9. The van der Waals surface area contributed by atoms with Gasteiger partial charge in [0.05, 0.1) is 11.5 Å². The second kappa shape index (κ2) is 10.8. The minimum Gasteiger partial charge on any atom is -0.481 e. The topological polar surface area (TPSA) is 154 Å². The average molecular weight is 398 g/mol. The predicted molar refractivity (Wildman–Crippen MR) is 95.5 cm³/mol. The first-order valence-electron chi connectivity index (χ1n) is 8.25. The Hall–Kier alpha value is -3.21. The highest BCUT2D eigenvalue weighted by molar-refractivity contribution is 5.67. The fourth-order valence-corrected chi connectivity index (χ4v) is 2.38. The molecule has 0 bridgehead atoms. The summed E-state index contributed by atoms with van der Waals surface area (Å²) in [6.07, 6.45) is -1.51. The third-order valence-electron chi connectivity index (χ3n) is 3.36. The summed E-state index contributed by atoms with van der Waals surface area (Å²) in [6.45, 7) is 3.70. The first-order valence-corrected chi connectivity index (χ1v) is 8.25. The number of non-ortho nitro benzene ring substituents is 1. The molecular formula is C17H22N2O9. The summed E-state index contributed by atoms with van der Waals surface area (Å²) in [7, 11) is 0. The SMILES string of the molecule is CC(=O)O.CC(=O)OC1COC(Nc2ccc([N+](=O)[O-])cc2)CC1OC(C)=O. The molecule has 1 aliphatic rings. The van der Waals surface area contributed by atoms with E-state index in [9.17, 15) is 19.7 Å². The van der Waals surface area contributed by atoms with Gasteiger partial charge in [0, 0.05) is 45.0 Å². The van der Waals surface area contributed by atoms with Gasteiger partial charge in [0.15, 0.2) is 6.10 Å². The van der Waals surface area contributed by atoms with E-state index in [-0.39, 0.29) is 18.7 Å². The number of nitrogens with one attached hydrogen (secondary N) is 1. The Labute approximate surface area is 160 Å². The molecule has 0 aliphatic carbocycles. The minimum absolute atomic E-state index is 0.0159. The molecule has 0 saturated carbocycles. The molecule has 1 fully saturated rings. The number of nitrogens with zero attached hydrogens (tertiary/aromatic N) is 1. The second-order valence-corrected chi connectivity index (χ2v) is 5.82. The lowest BCUT2D eigenvalue weighted by molar-refractivity contribution is -0.384. The number of carboxylic acids is 1. The largest absolute Gasteiger partial charge is 0.481 e. The van der Waals surface area contributed by atoms with Crippen LogP contribution < -0.4 is 5.32 Å². The van der Waals surface area contributed by atoms with Crippen molar-refractivity contribution in [3.63, 3.8) is 0 Å². The molecule has 0 aromatic heterocycles. The van der Waals surface area contributed by atoms with E-state index in [1.807, 2.05) is 0 Å². The molecule has 1 saturated heterocycles. The summed E-state index contributed by atoms with van der Waals surface area (Å²) in [5, 5.41) is 21.1. The summed E-state index contributed by atoms with van der Waals surface area (Å²) in [5.41, 5.74) is 0.607. The van der Waals surface area contributed by atoms with Crippen LogP contribution in [0.25, 0.3) is 0 Å². The Balaban J connectivity index is 0.000000892. The van der Waals surface area contributed by atoms with Crippen molar-refractivity contribution < 1.29 is 38.6 Å². The minimum atomic E-state index is -0.833. The number of carbonyl (C=O) groups is 3. The Bertz CT molecular complexity index is 701. The van der Waals surface area contributed by atoms with E-state index in [1.54, 1.807) is 12.1 Å². The van der Waals surface area contributed by atoms with Gasteiger partial charge in [-0.2, -0.15) is 0 Å². The highest BCUT2D eigenvalue weighted by atomic mass is 16.6. The van der Waals surface area contributed by atoms with Gasteiger partial charge in [-0.15, -0.1) is 0 Å². The molecule has 0 radical (unpaired) electrons. The van der Waals surface area contributed by atoms with Crippen molar-refractivity contribution in [1.29, 1.82) is 0 Å². The zero-order chi connectivity index (χ0) is 21.3. The van der Waals surface area contributed by atoms with Crippen LogP contribution in [0.5, 0.6) is 0 Å². The number of anilines is 1. The smallest absolute Gasteiger partial charge is 0.303 e. The number of carboxylic acid groups (broad SMARTS) is 1. The van der Waals surface area contributed by atoms with Crippen molar-refractivity contribution in [1.82, 2.24) is 0 Å². The quantitative estimate of drug-likeness (QED) is 0.425. The van der Waals surface area contributed by atoms with Crippen molar-refractivity contribution in [2.75, 3.05) is 11.9 Å². The van der Waals surface area contributed by atoms with Crippen molar-refractivity contribution in [2.45, 2.75) is 45.6 Å². The van der Waals surface area contributed by atoms with E-state index in [1.165, 1.54) is 26.0 Å². The standard InChI is InChI=1S/C15H18N2O7.C2H4O2/c1-9(18)23-13-7-15(22-8-14(13)24-10(2)19)16-11-3-5-12(6-4-11)17(20)21;1-2(3)4/h3-6,13-16H,7-8H2,1-2H3;1H3,(H,3,4). The maximum Gasteiger partial charge on any atom is 0.303 e. The number of rotatable bonds is 5. The molecule has 1 aliphatic heterocycles. The van der Waals surface area contributed by atoms with Crippen LogP contribution in [0.1, 0.15) is 27.2 Å². The van der Waals surface area contributed by atoms with E-state index in [4.69, 9.17) is 24.1 Å². The van der Waals surface area contributed by atoms with Gasteiger partial charge in [-0.1, -0.05) is 0 Å². The van der Waals surface area contributed by atoms with Crippen molar-refractivity contribution >= 4 is 29.3 Å². The highest BCUT2D eigenvalue weighted by Gasteiger charge is 2.35. The van der Waals surface area contributed by atoms with Gasteiger partial charge in [-0.05, 0) is 12.1 Å². The molecule has 3 unspecified atom stereocenters. The van der Waals surface area contributed by atoms with E-state index in [0.29, 0.717) is 5.69 Å². The molecule has 0 spiro atoms. The molecule has 2 N–H and O–H groups in total. The van der Waals surface area contributed by atoms with E-state index in [2.05, 4.69) is 5.32 Å². The third-order valence-corrected chi connectivity index (χ3v) is 3.36. The first kappa shape index (κ1) is 22.8. The summed E-state index contributed by atoms with van der Waals surface area (Å²) in [4.78, 5) is 41.5. The Morgan fingerprint density at radius 2 is 1.61 bits per heavy atom. The Morgan fingerprint density at radius 3 is 2.07 bits per heavy atom. The van der Waals surface area contributed by atoms with Crippen molar-refractivity contribution in [3.05, 3.63) is 34.4 Å². The number of nitro benzene ring substituents is 1. The monoisotopic (exact) mass is 398 g/mol. The number of esters is 2. The van der Waals surface area contributed by atoms with Gasteiger partial charge in [0.1, 0.15) is 12.3 Å². The summed E-state index contributed by atoms with van der Waals surface area (Å²) in [5.74, 6) is -1.80. The third kappa shape index (κ3) is 8.45. The molecule has 1 heterocycles. The van der Waals surface area contributed by atoms with Crippen LogP contribution >= 0.6 is 0 Å². The number of ether oxygens (including phenoxy) is 3. The molecule has 1 aromatic carbocycles. The molecule has 28 heavy (non-hydrogen) atoms. The van der Waals surface area contributed by atoms with Gasteiger partial charge in [0.2, 0.25) is 0 Å². The molecule has 0 amide bonds. The lowest BCUT2D eigenvalue weighted by Crippen LogP contribution is -2.48. The molecule has 2 rings (SSSR count). The van der Waals surface area contributed by atoms with Crippen LogP contribution in [-0.2, 0) is 28.6 Å². The van der Waals surface area contributed by atoms with Crippen LogP contribution in [0.4, 0.5) is 11.4 Å². The van der Waals surface area contributed by atoms with Crippen LogP contribution in [0, 0.1) is 10.1 Å². The molecule has 11 nitrogen and oxygen atoms in total. The number of carbonyl (C=O) groups excluding carboxylic acids is 2. The van der Waals surface area contributed by atoms with Crippen LogP contribution in [0.15, 0.2) is 24.3 Å². The lowest BCUT2D eigenvalue weighted by Gasteiger charge is -2.35. The van der Waals surface area contributed by atoms with E-state index in [0.717, 1.165) is 6.92 Å². The average Bonchev–Trinajstić information content (AvgIpc) is 2.56. The normalized spacial score (nSPS) is 20.8. The van der Waals surface area contributed by atoms with Gasteiger partial charge in [-0.3, -0.25) is 24.5 Å². The van der Waals surface area contributed by atoms with E-state index >= 15 is 0 Å². The van der Waals surface area contributed by atoms with Crippen LogP contribution in [0.2, 0.25) is 0 Å². The number of aliphatic carboxylic acids is 1.